The van der Waals surface area contributed by atoms with Gasteiger partial charge >= 0.3 is 6.09 Å². The van der Waals surface area contributed by atoms with Gasteiger partial charge in [-0.1, -0.05) is 42.5 Å². The molecule has 0 saturated heterocycles. The van der Waals surface area contributed by atoms with E-state index in [1.165, 1.54) is 0 Å². The standard InChI is InChI=1S/C24H32N2O4/c1-16-12-13-17(2)20(14-16)25-22(27)21(26-23(28)30-24(4,5)6)18(3)29-15-19-10-8-7-9-11-19/h7-14,18,21H,15H2,1-6H3,(H,25,27)(H,26,28)/t18-,21+/m0/s1. The Morgan fingerprint density at radius 3 is 2.33 bits per heavy atom. The van der Waals surface area contributed by atoms with E-state index >= 15 is 0 Å². The molecule has 2 aromatic rings. The first-order valence-electron chi connectivity index (χ1n) is 10.1. The minimum absolute atomic E-state index is 0.325. The largest absolute Gasteiger partial charge is 0.444 e. The van der Waals surface area contributed by atoms with Gasteiger partial charge < -0.3 is 20.1 Å². The Morgan fingerprint density at radius 2 is 1.70 bits per heavy atom. The summed E-state index contributed by atoms with van der Waals surface area (Å²) in [4.78, 5) is 25.4. The molecular formula is C24H32N2O4. The van der Waals surface area contributed by atoms with Crippen LogP contribution in [0.1, 0.15) is 44.4 Å². The number of anilines is 1. The summed E-state index contributed by atoms with van der Waals surface area (Å²) < 4.78 is 11.2. The van der Waals surface area contributed by atoms with Crippen LogP contribution >= 0.6 is 0 Å². The zero-order chi connectivity index (χ0) is 22.3. The number of benzene rings is 2. The molecule has 0 aliphatic heterocycles. The van der Waals surface area contributed by atoms with Gasteiger partial charge in [0.2, 0.25) is 5.91 Å². The van der Waals surface area contributed by atoms with E-state index in [2.05, 4.69) is 10.6 Å². The Morgan fingerprint density at radius 1 is 1.03 bits per heavy atom. The van der Waals surface area contributed by atoms with Crippen molar-refractivity contribution in [1.82, 2.24) is 5.32 Å². The minimum Gasteiger partial charge on any atom is -0.444 e. The molecule has 162 valence electrons. The van der Waals surface area contributed by atoms with Crippen molar-refractivity contribution in [3.05, 3.63) is 65.2 Å². The molecule has 0 fully saturated rings. The van der Waals surface area contributed by atoms with Crippen molar-refractivity contribution in [2.45, 2.75) is 65.9 Å². The third-order valence-corrected chi connectivity index (χ3v) is 4.43. The Bertz CT molecular complexity index is 859. The average Bonchev–Trinajstić information content (AvgIpc) is 2.66. The van der Waals surface area contributed by atoms with Crippen LogP contribution < -0.4 is 10.6 Å². The number of nitrogens with one attached hydrogen (secondary N) is 2. The maximum atomic E-state index is 13.1. The summed E-state index contributed by atoms with van der Waals surface area (Å²) in [6, 6.07) is 14.6. The fourth-order valence-corrected chi connectivity index (χ4v) is 2.81. The third-order valence-electron chi connectivity index (χ3n) is 4.43. The van der Waals surface area contributed by atoms with Crippen molar-refractivity contribution in [1.29, 1.82) is 0 Å². The summed E-state index contributed by atoms with van der Waals surface area (Å²) in [5, 5.41) is 5.57. The lowest BCUT2D eigenvalue weighted by molar-refractivity contribution is -0.122. The van der Waals surface area contributed by atoms with Crippen LogP contribution in [-0.4, -0.2) is 29.7 Å². The molecule has 0 aliphatic carbocycles. The molecule has 2 aromatic carbocycles. The van der Waals surface area contributed by atoms with Crippen LogP contribution in [0.3, 0.4) is 0 Å². The number of alkyl carbamates (subject to hydrolysis) is 1. The highest BCUT2D eigenvalue weighted by molar-refractivity contribution is 5.97. The number of ether oxygens (including phenoxy) is 2. The zero-order valence-corrected chi connectivity index (χ0v) is 18.6. The normalized spacial score (nSPS) is 13.3. The molecule has 0 heterocycles. The summed E-state index contributed by atoms with van der Waals surface area (Å²) in [5.74, 6) is -0.366. The zero-order valence-electron chi connectivity index (χ0n) is 18.6. The number of carbonyl (C=O) groups excluding carboxylic acids is 2. The highest BCUT2D eigenvalue weighted by Crippen LogP contribution is 2.18. The second-order valence-electron chi connectivity index (χ2n) is 8.43. The van der Waals surface area contributed by atoms with E-state index in [4.69, 9.17) is 9.47 Å². The summed E-state index contributed by atoms with van der Waals surface area (Å²) in [5.41, 5.74) is 2.97. The Kier molecular flexibility index (Phi) is 8.00. The van der Waals surface area contributed by atoms with Gasteiger partial charge in [-0.2, -0.15) is 0 Å². The molecule has 0 aliphatic rings. The van der Waals surface area contributed by atoms with E-state index in [1.807, 2.05) is 62.4 Å². The number of hydrogen-bond donors (Lipinski definition) is 2. The fourth-order valence-electron chi connectivity index (χ4n) is 2.81. The van der Waals surface area contributed by atoms with Crippen LogP contribution in [0.5, 0.6) is 0 Å². The van der Waals surface area contributed by atoms with Crippen molar-refractivity contribution >= 4 is 17.7 Å². The van der Waals surface area contributed by atoms with Gasteiger partial charge in [-0.05, 0) is 64.3 Å². The van der Waals surface area contributed by atoms with E-state index in [0.717, 1.165) is 16.7 Å². The van der Waals surface area contributed by atoms with Gasteiger partial charge in [0, 0.05) is 5.69 Å². The molecule has 6 heteroatoms. The van der Waals surface area contributed by atoms with E-state index in [0.29, 0.717) is 12.3 Å². The number of amides is 2. The van der Waals surface area contributed by atoms with Crippen LogP contribution in [0.25, 0.3) is 0 Å². The van der Waals surface area contributed by atoms with Crippen LogP contribution in [-0.2, 0) is 20.9 Å². The fraction of sp³-hybridized carbons (Fsp3) is 0.417. The third kappa shape index (κ3) is 7.52. The SMILES string of the molecule is Cc1ccc(C)c(NC(=O)[C@H](NC(=O)OC(C)(C)C)[C@H](C)OCc2ccccc2)c1. The molecule has 2 N–H and O–H groups in total. The quantitative estimate of drug-likeness (QED) is 0.689. The molecule has 2 atom stereocenters. The van der Waals surface area contributed by atoms with Crippen LogP contribution in [0, 0.1) is 13.8 Å². The number of carbonyl (C=O) groups is 2. The summed E-state index contributed by atoms with van der Waals surface area (Å²) in [6.45, 7) is 11.3. The molecule has 2 rings (SSSR count). The predicted molar refractivity (Wildman–Crippen MR) is 118 cm³/mol. The molecule has 0 spiro atoms. The lowest BCUT2D eigenvalue weighted by atomic mass is 10.1. The molecule has 0 aromatic heterocycles. The van der Waals surface area contributed by atoms with Crippen LogP contribution in [0.2, 0.25) is 0 Å². The van der Waals surface area contributed by atoms with Crippen molar-refractivity contribution in [3.8, 4) is 0 Å². The lowest BCUT2D eigenvalue weighted by Gasteiger charge is -2.27. The maximum absolute atomic E-state index is 13.1. The molecule has 30 heavy (non-hydrogen) atoms. The first-order chi connectivity index (χ1) is 14.0. The highest BCUT2D eigenvalue weighted by atomic mass is 16.6. The van der Waals surface area contributed by atoms with E-state index in [9.17, 15) is 9.59 Å². The van der Waals surface area contributed by atoms with Crippen molar-refractivity contribution in [2.24, 2.45) is 0 Å². The topological polar surface area (TPSA) is 76.7 Å². The van der Waals surface area contributed by atoms with Crippen molar-refractivity contribution in [2.75, 3.05) is 5.32 Å². The average molecular weight is 413 g/mol. The molecule has 0 bridgehead atoms. The van der Waals surface area contributed by atoms with Crippen molar-refractivity contribution in [3.63, 3.8) is 0 Å². The van der Waals surface area contributed by atoms with Gasteiger partial charge in [-0.15, -0.1) is 0 Å². The lowest BCUT2D eigenvalue weighted by Crippen LogP contribution is -2.52. The van der Waals surface area contributed by atoms with Gasteiger partial charge in [-0.3, -0.25) is 4.79 Å². The molecule has 6 nitrogen and oxygen atoms in total. The first kappa shape index (κ1) is 23.4. The number of aryl methyl sites for hydroxylation is 2. The molecular weight excluding hydrogens is 380 g/mol. The molecule has 2 amide bonds. The summed E-state index contributed by atoms with van der Waals surface area (Å²) in [6.07, 6.45) is -1.25. The summed E-state index contributed by atoms with van der Waals surface area (Å²) in [7, 11) is 0. The van der Waals surface area contributed by atoms with Crippen LogP contribution in [0.15, 0.2) is 48.5 Å². The smallest absolute Gasteiger partial charge is 0.408 e. The number of hydrogen-bond acceptors (Lipinski definition) is 4. The maximum Gasteiger partial charge on any atom is 0.408 e. The monoisotopic (exact) mass is 412 g/mol. The van der Waals surface area contributed by atoms with Crippen molar-refractivity contribution < 1.29 is 19.1 Å². The minimum atomic E-state index is -0.927. The Hall–Kier alpha value is -2.86. The van der Waals surface area contributed by atoms with E-state index in [-0.39, 0.29) is 5.91 Å². The Balaban J connectivity index is 2.15. The van der Waals surface area contributed by atoms with Gasteiger partial charge in [0.15, 0.2) is 0 Å². The number of rotatable bonds is 7. The van der Waals surface area contributed by atoms with Crippen LogP contribution in [0.4, 0.5) is 10.5 Å². The van der Waals surface area contributed by atoms with Gasteiger partial charge in [0.05, 0.1) is 12.7 Å². The molecule has 0 radical (unpaired) electrons. The predicted octanol–water partition coefficient (Wildman–Crippen LogP) is 4.74. The van der Waals surface area contributed by atoms with E-state index < -0.39 is 23.8 Å². The first-order valence-corrected chi connectivity index (χ1v) is 10.1. The van der Waals surface area contributed by atoms with E-state index in [1.54, 1.807) is 27.7 Å². The van der Waals surface area contributed by atoms with Gasteiger partial charge in [0.1, 0.15) is 11.6 Å². The second kappa shape index (κ2) is 10.3. The second-order valence-corrected chi connectivity index (χ2v) is 8.43. The summed E-state index contributed by atoms with van der Waals surface area (Å²) >= 11 is 0. The molecule has 0 saturated carbocycles. The Labute approximate surface area is 179 Å². The highest BCUT2D eigenvalue weighted by Gasteiger charge is 2.30. The van der Waals surface area contributed by atoms with Gasteiger partial charge in [0.25, 0.3) is 0 Å². The van der Waals surface area contributed by atoms with Gasteiger partial charge in [-0.25, -0.2) is 4.79 Å². The molecule has 0 unspecified atom stereocenters.